The van der Waals surface area contributed by atoms with Gasteiger partial charge >= 0.3 is 0 Å². The zero-order valence-electron chi connectivity index (χ0n) is 9.86. The van der Waals surface area contributed by atoms with E-state index in [4.69, 9.17) is 11.6 Å². The number of benzene rings is 1. The van der Waals surface area contributed by atoms with Crippen LogP contribution in [0.15, 0.2) is 36.4 Å². The quantitative estimate of drug-likeness (QED) is 0.727. The van der Waals surface area contributed by atoms with Crippen LogP contribution < -0.4 is 0 Å². The van der Waals surface area contributed by atoms with Crippen molar-refractivity contribution in [3.63, 3.8) is 0 Å². The lowest BCUT2D eigenvalue weighted by molar-refractivity contribution is 0.0955. The topological polar surface area (TPSA) is 17.1 Å². The molecule has 0 N–H and O–H groups in total. The van der Waals surface area contributed by atoms with Gasteiger partial charge in [-0.3, -0.25) is 4.79 Å². The van der Waals surface area contributed by atoms with E-state index in [0.717, 1.165) is 24.1 Å². The third-order valence-corrected chi connectivity index (χ3v) is 4.75. The highest BCUT2D eigenvalue weighted by atomic mass is 35.5. The first kappa shape index (κ1) is 11.9. The summed E-state index contributed by atoms with van der Waals surface area (Å²) in [6.07, 6.45) is 3.13. The number of carbonyl (C=O) groups excluding carboxylic acids is 1. The van der Waals surface area contributed by atoms with E-state index in [1.54, 1.807) is 6.07 Å². The van der Waals surface area contributed by atoms with Crippen LogP contribution in [0.2, 0.25) is 4.34 Å². The van der Waals surface area contributed by atoms with Crippen molar-refractivity contribution in [1.82, 2.24) is 0 Å². The number of rotatable bonds is 2. The zero-order chi connectivity index (χ0) is 12.5. The maximum atomic E-state index is 12.5. The van der Waals surface area contributed by atoms with Gasteiger partial charge in [-0.2, -0.15) is 0 Å². The van der Waals surface area contributed by atoms with E-state index in [9.17, 15) is 4.79 Å². The summed E-state index contributed by atoms with van der Waals surface area (Å²) in [6, 6.07) is 11.9. The SMILES string of the molecule is O=C(c1ccc(Cl)s1)C1CCCc2ccccc21. The van der Waals surface area contributed by atoms with Gasteiger partial charge in [-0.05, 0) is 42.5 Å². The summed E-state index contributed by atoms with van der Waals surface area (Å²) in [5.74, 6) is 0.240. The molecule has 3 heteroatoms. The van der Waals surface area contributed by atoms with Crippen molar-refractivity contribution in [2.75, 3.05) is 0 Å². The van der Waals surface area contributed by atoms with Gasteiger partial charge in [0.05, 0.1) is 9.21 Å². The second-order valence-electron chi connectivity index (χ2n) is 4.61. The normalized spacial score (nSPS) is 18.4. The predicted octanol–water partition coefficient (Wildman–Crippen LogP) is 4.70. The number of ketones is 1. The Morgan fingerprint density at radius 1 is 1.22 bits per heavy atom. The zero-order valence-corrected chi connectivity index (χ0v) is 11.4. The van der Waals surface area contributed by atoms with E-state index in [2.05, 4.69) is 12.1 Å². The molecule has 0 radical (unpaired) electrons. The van der Waals surface area contributed by atoms with E-state index in [1.165, 1.54) is 22.5 Å². The molecule has 0 bridgehead atoms. The van der Waals surface area contributed by atoms with Gasteiger partial charge in [0.1, 0.15) is 0 Å². The molecule has 1 atom stereocenters. The molecule has 0 saturated carbocycles. The Labute approximate surface area is 115 Å². The maximum Gasteiger partial charge on any atom is 0.180 e. The lowest BCUT2D eigenvalue weighted by Crippen LogP contribution is -2.17. The number of thiophene rings is 1. The number of aryl methyl sites for hydroxylation is 1. The predicted molar refractivity (Wildman–Crippen MR) is 75.8 cm³/mol. The Kier molecular flexibility index (Phi) is 3.23. The average molecular weight is 277 g/mol. The van der Waals surface area contributed by atoms with Crippen LogP contribution in [0.3, 0.4) is 0 Å². The minimum atomic E-state index is 0.0182. The smallest absolute Gasteiger partial charge is 0.180 e. The summed E-state index contributed by atoms with van der Waals surface area (Å²) in [7, 11) is 0. The van der Waals surface area contributed by atoms with Gasteiger partial charge in [-0.15, -0.1) is 11.3 Å². The van der Waals surface area contributed by atoms with E-state index in [1.807, 2.05) is 18.2 Å². The van der Waals surface area contributed by atoms with E-state index < -0.39 is 0 Å². The second kappa shape index (κ2) is 4.87. The lowest BCUT2D eigenvalue weighted by atomic mass is 9.80. The van der Waals surface area contributed by atoms with Crippen LogP contribution in [0, 0.1) is 0 Å². The highest BCUT2D eigenvalue weighted by Crippen LogP contribution is 2.35. The van der Waals surface area contributed by atoms with E-state index >= 15 is 0 Å². The molecule has 3 rings (SSSR count). The highest BCUT2D eigenvalue weighted by molar-refractivity contribution is 7.18. The number of halogens is 1. The van der Waals surface area contributed by atoms with Crippen LogP contribution in [0.4, 0.5) is 0 Å². The van der Waals surface area contributed by atoms with Crippen LogP contribution >= 0.6 is 22.9 Å². The number of fused-ring (bicyclic) bond motifs is 1. The van der Waals surface area contributed by atoms with Gasteiger partial charge in [0, 0.05) is 5.92 Å². The molecule has 1 aliphatic rings. The lowest BCUT2D eigenvalue weighted by Gasteiger charge is -2.23. The van der Waals surface area contributed by atoms with Crippen LogP contribution in [0.1, 0.15) is 39.6 Å². The molecule has 1 nitrogen and oxygen atoms in total. The Hall–Kier alpha value is -1.12. The molecule has 0 saturated heterocycles. The molecule has 1 unspecified atom stereocenters. The van der Waals surface area contributed by atoms with Gasteiger partial charge in [0.2, 0.25) is 0 Å². The molecular formula is C15H13ClOS. The summed E-state index contributed by atoms with van der Waals surface area (Å²) >= 11 is 7.29. The molecular weight excluding hydrogens is 264 g/mol. The number of carbonyl (C=O) groups is 1. The molecule has 92 valence electrons. The number of hydrogen-bond acceptors (Lipinski definition) is 2. The Bertz CT molecular complexity index is 588. The Morgan fingerprint density at radius 3 is 2.83 bits per heavy atom. The fourth-order valence-corrected chi connectivity index (χ4v) is 3.68. The first-order chi connectivity index (χ1) is 8.75. The second-order valence-corrected chi connectivity index (χ2v) is 6.33. The van der Waals surface area contributed by atoms with Crippen molar-refractivity contribution in [1.29, 1.82) is 0 Å². The van der Waals surface area contributed by atoms with Gasteiger partial charge in [-0.25, -0.2) is 0 Å². The first-order valence-electron chi connectivity index (χ1n) is 6.13. The van der Waals surface area contributed by atoms with E-state index in [-0.39, 0.29) is 11.7 Å². The molecule has 18 heavy (non-hydrogen) atoms. The molecule has 1 aromatic heterocycles. The molecule has 1 aromatic carbocycles. The minimum absolute atomic E-state index is 0.0182. The molecule has 0 fully saturated rings. The summed E-state index contributed by atoms with van der Waals surface area (Å²) < 4.78 is 0.683. The van der Waals surface area contributed by atoms with Gasteiger partial charge in [-0.1, -0.05) is 35.9 Å². The summed E-state index contributed by atoms with van der Waals surface area (Å²) in [5, 5.41) is 0. The molecule has 1 heterocycles. The van der Waals surface area contributed by atoms with Crippen molar-refractivity contribution in [3.05, 3.63) is 56.7 Å². The Balaban J connectivity index is 1.96. The molecule has 1 aliphatic carbocycles. The van der Waals surface area contributed by atoms with Gasteiger partial charge in [0.15, 0.2) is 5.78 Å². The fraction of sp³-hybridized carbons (Fsp3) is 0.267. The molecule has 2 aromatic rings. The summed E-state index contributed by atoms with van der Waals surface area (Å²) in [4.78, 5) is 13.3. The first-order valence-corrected chi connectivity index (χ1v) is 7.32. The molecule has 0 aliphatic heterocycles. The highest BCUT2D eigenvalue weighted by Gasteiger charge is 2.27. The largest absolute Gasteiger partial charge is 0.293 e. The third-order valence-electron chi connectivity index (χ3n) is 3.50. The summed E-state index contributed by atoms with van der Waals surface area (Å²) in [5.41, 5.74) is 2.53. The van der Waals surface area contributed by atoms with Crippen LogP contribution in [0.5, 0.6) is 0 Å². The van der Waals surface area contributed by atoms with Gasteiger partial charge in [0.25, 0.3) is 0 Å². The summed E-state index contributed by atoms with van der Waals surface area (Å²) in [6.45, 7) is 0. The van der Waals surface area contributed by atoms with Crippen LogP contribution in [-0.4, -0.2) is 5.78 Å². The van der Waals surface area contributed by atoms with Gasteiger partial charge < -0.3 is 0 Å². The van der Waals surface area contributed by atoms with Crippen LogP contribution in [-0.2, 0) is 6.42 Å². The third kappa shape index (κ3) is 2.11. The van der Waals surface area contributed by atoms with Crippen LogP contribution in [0.25, 0.3) is 0 Å². The molecule has 0 spiro atoms. The Morgan fingerprint density at radius 2 is 2.06 bits per heavy atom. The van der Waals surface area contributed by atoms with Crippen molar-refractivity contribution in [2.24, 2.45) is 0 Å². The van der Waals surface area contributed by atoms with Crippen molar-refractivity contribution in [3.8, 4) is 0 Å². The standard InChI is InChI=1S/C15H13ClOS/c16-14-9-8-13(18-14)15(17)12-7-3-5-10-4-1-2-6-11(10)12/h1-2,4,6,8-9,12H,3,5,7H2. The van der Waals surface area contributed by atoms with E-state index in [0.29, 0.717) is 4.34 Å². The molecule has 0 amide bonds. The monoisotopic (exact) mass is 276 g/mol. The fourth-order valence-electron chi connectivity index (χ4n) is 2.64. The number of hydrogen-bond donors (Lipinski definition) is 0. The van der Waals surface area contributed by atoms with Crippen molar-refractivity contribution >= 4 is 28.7 Å². The number of Topliss-reactive ketones (excluding diaryl/α,β-unsaturated/α-hetero) is 1. The average Bonchev–Trinajstić information content (AvgIpc) is 2.84. The maximum absolute atomic E-state index is 12.5. The minimum Gasteiger partial charge on any atom is -0.293 e. The van der Waals surface area contributed by atoms with Crippen molar-refractivity contribution in [2.45, 2.75) is 25.2 Å². The van der Waals surface area contributed by atoms with Crippen molar-refractivity contribution < 1.29 is 4.79 Å².